The van der Waals surface area contributed by atoms with Crippen molar-refractivity contribution < 1.29 is 0 Å². The summed E-state index contributed by atoms with van der Waals surface area (Å²) in [4.78, 5) is 6.91. The van der Waals surface area contributed by atoms with Crippen LogP contribution in [0.25, 0.3) is 0 Å². The van der Waals surface area contributed by atoms with Gasteiger partial charge in [0.25, 0.3) is 0 Å². The Kier molecular flexibility index (Phi) is 9.26. The van der Waals surface area contributed by atoms with Crippen LogP contribution >= 0.6 is 24.0 Å². The quantitative estimate of drug-likeness (QED) is 0.355. The van der Waals surface area contributed by atoms with Gasteiger partial charge in [-0.2, -0.15) is 5.10 Å². The highest BCUT2D eigenvalue weighted by atomic mass is 127. The van der Waals surface area contributed by atoms with E-state index in [4.69, 9.17) is 0 Å². The third-order valence-electron chi connectivity index (χ3n) is 5.64. The molecule has 1 aliphatic heterocycles. The van der Waals surface area contributed by atoms with Crippen molar-refractivity contribution in [3.05, 3.63) is 47.3 Å². The van der Waals surface area contributed by atoms with Crippen molar-refractivity contribution in [2.45, 2.75) is 52.1 Å². The second-order valence-electron chi connectivity index (χ2n) is 7.37. The van der Waals surface area contributed by atoms with Crippen molar-refractivity contribution >= 4 is 35.6 Å². The predicted molar refractivity (Wildman–Crippen MR) is 132 cm³/mol. The third-order valence-corrected chi connectivity index (χ3v) is 5.64. The number of guanidine groups is 1. The summed E-state index contributed by atoms with van der Waals surface area (Å²) in [6, 6.07) is 11.1. The minimum Gasteiger partial charge on any atom is -0.371 e. The van der Waals surface area contributed by atoms with E-state index in [0.717, 1.165) is 51.3 Å². The maximum Gasteiger partial charge on any atom is 0.191 e. The highest BCUT2D eigenvalue weighted by Crippen LogP contribution is 2.19. The van der Waals surface area contributed by atoms with Crippen LogP contribution in [0.3, 0.4) is 0 Å². The molecule has 0 radical (unpaired) electrons. The van der Waals surface area contributed by atoms with E-state index in [1.807, 2.05) is 18.8 Å². The Bertz CT molecular complexity index is 778. The molecule has 0 unspecified atom stereocenters. The van der Waals surface area contributed by atoms with Crippen molar-refractivity contribution in [1.82, 2.24) is 20.4 Å². The molecule has 0 atom stereocenters. The van der Waals surface area contributed by atoms with Crippen LogP contribution in [0.2, 0.25) is 0 Å². The van der Waals surface area contributed by atoms with E-state index in [0.29, 0.717) is 6.04 Å². The molecule has 0 saturated carbocycles. The second-order valence-corrected chi connectivity index (χ2v) is 7.37. The van der Waals surface area contributed by atoms with Crippen molar-refractivity contribution in [3.63, 3.8) is 0 Å². The van der Waals surface area contributed by atoms with Gasteiger partial charge < -0.3 is 15.5 Å². The van der Waals surface area contributed by atoms with Gasteiger partial charge in [-0.25, -0.2) is 0 Å². The van der Waals surface area contributed by atoms with Crippen LogP contribution < -0.4 is 15.5 Å². The maximum atomic E-state index is 4.67. The number of hydrogen-bond acceptors (Lipinski definition) is 3. The first-order valence-corrected chi connectivity index (χ1v) is 10.5. The van der Waals surface area contributed by atoms with Crippen molar-refractivity contribution in [2.75, 3.05) is 25.0 Å². The molecule has 0 bridgehead atoms. The van der Waals surface area contributed by atoms with Crippen LogP contribution in [0, 0.1) is 0 Å². The second kappa shape index (κ2) is 11.4. The van der Waals surface area contributed by atoms with E-state index in [1.165, 1.54) is 22.6 Å². The van der Waals surface area contributed by atoms with Gasteiger partial charge in [0.15, 0.2) is 5.96 Å². The van der Waals surface area contributed by atoms with E-state index >= 15 is 0 Å². The summed E-state index contributed by atoms with van der Waals surface area (Å²) >= 11 is 0. The zero-order chi connectivity index (χ0) is 19.9. The molecule has 0 aliphatic carbocycles. The molecule has 1 saturated heterocycles. The normalized spacial score (nSPS) is 15.2. The van der Waals surface area contributed by atoms with Crippen molar-refractivity contribution in [2.24, 2.45) is 12.0 Å². The van der Waals surface area contributed by atoms with E-state index in [-0.39, 0.29) is 24.0 Å². The number of para-hydroxylation sites is 1. The molecule has 0 amide bonds. The monoisotopic (exact) mass is 510 g/mol. The molecule has 0 spiro atoms. The molecule has 6 nitrogen and oxygen atoms in total. The smallest absolute Gasteiger partial charge is 0.191 e. The Balaban J connectivity index is 0.00000300. The molecule has 160 valence electrons. The molecule has 1 aromatic heterocycles. The van der Waals surface area contributed by atoms with Gasteiger partial charge in [0.05, 0.1) is 5.69 Å². The average Bonchev–Trinajstić information content (AvgIpc) is 3.06. The molecule has 2 aromatic rings. The molecule has 7 heteroatoms. The van der Waals surface area contributed by atoms with E-state index in [1.54, 1.807) is 0 Å². The van der Waals surface area contributed by atoms with Crippen LogP contribution in [0.5, 0.6) is 0 Å². The van der Waals surface area contributed by atoms with Crippen LogP contribution in [-0.2, 0) is 26.4 Å². The molecule has 29 heavy (non-hydrogen) atoms. The number of nitrogens with zero attached hydrogens (tertiary/aromatic N) is 4. The standard InChI is InChI=1S/C22H34N6.HI/c1-5-20-19(21(6-2)27(4)26-20)16-24-22(23-3)25-17-12-14-28(15-13-17)18-10-8-7-9-11-18;/h7-11,17H,5-6,12-16H2,1-4H3,(H2,23,24,25);1H. The Morgan fingerprint density at radius 3 is 2.41 bits per heavy atom. The summed E-state index contributed by atoms with van der Waals surface area (Å²) < 4.78 is 2.02. The highest BCUT2D eigenvalue weighted by Gasteiger charge is 2.20. The molecular weight excluding hydrogens is 475 g/mol. The maximum absolute atomic E-state index is 4.67. The number of halogens is 1. The summed E-state index contributed by atoms with van der Waals surface area (Å²) in [5.41, 5.74) is 5.11. The van der Waals surface area contributed by atoms with Crippen LogP contribution in [0.1, 0.15) is 43.6 Å². The lowest BCUT2D eigenvalue weighted by atomic mass is 10.0. The molecular formula is C22H35IN6. The first-order valence-electron chi connectivity index (χ1n) is 10.5. The Morgan fingerprint density at radius 2 is 1.83 bits per heavy atom. The summed E-state index contributed by atoms with van der Waals surface area (Å²) in [5, 5.41) is 11.8. The largest absolute Gasteiger partial charge is 0.371 e. The predicted octanol–water partition coefficient (Wildman–Crippen LogP) is 3.50. The van der Waals surface area contributed by atoms with Gasteiger partial charge in [-0.15, -0.1) is 24.0 Å². The number of aryl methyl sites for hydroxylation is 2. The van der Waals surface area contributed by atoms with E-state index in [9.17, 15) is 0 Å². The first kappa shape index (κ1) is 23.5. The molecule has 2 N–H and O–H groups in total. The van der Waals surface area contributed by atoms with Crippen molar-refractivity contribution in [3.8, 4) is 0 Å². The minimum absolute atomic E-state index is 0. The first-order chi connectivity index (χ1) is 13.7. The fourth-order valence-corrected chi connectivity index (χ4v) is 4.07. The number of hydrogen-bond donors (Lipinski definition) is 2. The zero-order valence-corrected chi connectivity index (χ0v) is 20.4. The summed E-state index contributed by atoms with van der Waals surface area (Å²) in [5.74, 6) is 0.881. The lowest BCUT2D eigenvalue weighted by molar-refractivity contribution is 0.461. The lowest BCUT2D eigenvalue weighted by Crippen LogP contribution is -2.48. The van der Waals surface area contributed by atoms with Gasteiger partial charge >= 0.3 is 0 Å². The zero-order valence-electron chi connectivity index (χ0n) is 18.1. The van der Waals surface area contributed by atoms with Gasteiger partial charge in [0.2, 0.25) is 0 Å². The summed E-state index contributed by atoms with van der Waals surface area (Å²) in [7, 11) is 3.88. The molecule has 1 fully saturated rings. The summed E-state index contributed by atoms with van der Waals surface area (Å²) in [6.45, 7) is 7.26. The highest BCUT2D eigenvalue weighted by molar-refractivity contribution is 14.0. The van der Waals surface area contributed by atoms with E-state index < -0.39 is 0 Å². The molecule has 2 heterocycles. The fraction of sp³-hybridized carbons (Fsp3) is 0.545. The Hall–Kier alpha value is -1.77. The molecule has 1 aromatic carbocycles. The number of anilines is 1. The summed E-state index contributed by atoms with van der Waals surface area (Å²) in [6.07, 6.45) is 4.17. The minimum atomic E-state index is 0. The number of nitrogens with one attached hydrogen (secondary N) is 2. The Labute approximate surface area is 192 Å². The third kappa shape index (κ3) is 5.87. The van der Waals surface area contributed by atoms with Gasteiger partial charge in [-0.1, -0.05) is 32.0 Å². The Morgan fingerprint density at radius 1 is 1.14 bits per heavy atom. The van der Waals surface area contributed by atoms with Gasteiger partial charge in [0.1, 0.15) is 0 Å². The van der Waals surface area contributed by atoms with E-state index in [2.05, 4.69) is 69.8 Å². The number of rotatable bonds is 6. The molecule has 1 aliphatic rings. The fourth-order valence-electron chi connectivity index (χ4n) is 4.07. The number of aromatic nitrogens is 2. The van der Waals surface area contributed by atoms with Crippen LogP contribution in [0.4, 0.5) is 5.69 Å². The number of piperidine rings is 1. The van der Waals surface area contributed by atoms with Gasteiger partial charge in [-0.05, 0) is 37.8 Å². The lowest BCUT2D eigenvalue weighted by Gasteiger charge is -2.34. The van der Waals surface area contributed by atoms with Crippen LogP contribution in [0.15, 0.2) is 35.3 Å². The number of benzene rings is 1. The number of aliphatic imine (C=N–C) groups is 1. The van der Waals surface area contributed by atoms with Gasteiger partial charge in [-0.3, -0.25) is 9.67 Å². The van der Waals surface area contributed by atoms with Crippen molar-refractivity contribution in [1.29, 1.82) is 0 Å². The molecule has 3 rings (SSSR count). The van der Waals surface area contributed by atoms with Crippen LogP contribution in [-0.4, -0.2) is 41.9 Å². The topological polar surface area (TPSA) is 57.5 Å². The SMILES string of the molecule is CCc1nn(C)c(CC)c1CNC(=NC)NC1CCN(c2ccccc2)CC1.I. The van der Waals surface area contributed by atoms with Gasteiger partial charge in [0, 0.05) is 56.7 Å². The average molecular weight is 510 g/mol.